The largest absolute Gasteiger partial charge is 0.339 e. The molecule has 0 amide bonds. The van der Waals surface area contributed by atoms with Crippen LogP contribution >= 0.6 is 12.2 Å². The van der Waals surface area contributed by atoms with E-state index in [0.29, 0.717) is 0 Å². The molecule has 0 aromatic heterocycles. The lowest BCUT2D eigenvalue weighted by molar-refractivity contribution is 0.925. The molecule has 0 atom stereocenters. The summed E-state index contributed by atoms with van der Waals surface area (Å²) < 4.78 is 0. The van der Waals surface area contributed by atoms with Gasteiger partial charge in [-0.2, -0.15) is 0 Å². The Morgan fingerprint density at radius 3 is 2.50 bits per heavy atom. The molecule has 0 saturated carbocycles. The standard InChI is InChI=1S/C7H14N2S/c1-4-5-8-6(2)9-7(3)10/h4-5H2,1-3H3,(H,8,9,10). The predicted molar refractivity (Wildman–Crippen MR) is 49.7 cm³/mol. The zero-order chi connectivity index (χ0) is 7.98. The zero-order valence-electron chi connectivity index (χ0n) is 6.77. The molecule has 0 bridgehead atoms. The molecule has 0 aliphatic rings. The van der Waals surface area contributed by atoms with Gasteiger partial charge in [0.1, 0.15) is 0 Å². The van der Waals surface area contributed by atoms with Crippen molar-refractivity contribution in [3.05, 3.63) is 0 Å². The zero-order valence-corrected chi connectivity index (χ0v) is 7.59. The highest BCUT2D eigenvalue weighted by atomic mass is 32.1. The van der Waals surface area contributed by atoms with Crippen LogP contribution in [0, 0.1) is 0 Å². The molecule has 0 radical (unpaired) electrons. The molecule has 58 valence electrons. The van der Waals surface area contributed by atoms with Crippen LogP contribution in [-0.2, 0) is 0 Å². The van der Waals surface area contributed by atoms with Gasteiger partial charge in [0, 0.05) is 6.54 Å². The van der Waals surface area contributed by atoms with Gasteiger partial charge >= 0.3 is 0 Å². The number of hydrogen-bond donors (Lipinski definition) is 1. The molecule has 0 saturated heterocycles. The highest BCUT2D eigenvalue weighted by Crippen LogP contribution is 1.79. The fourth-order valence-electron chi connectivity index (χ4n) is 0.574. The van der Waals surface area contributed by atoms with E-state index in [-0.39, 0.29) is 0 Å². The Labute approximate surface area is 67.7 Å². The Bertz CT molecular complexity index is 141. The third-order valence-corrected chi connectivity index (χ3v) is 1.03. The van der Waals surface area contributed by atoms with Crippen LogP contribution in [0.4, 0.5) is 0 Å². The van der Waals surface area contributed by atoms with Gasteiger partial charge in [0.05, 0.1) is 10.8 Å². The van der Waals surface area contributed by atoms with Crippen LogP contribution in [0.25, 0.3) is 0 Å². The first-order valence-corrected chi connectivity index (χ1v) is 3.86. The van der Waals surface area contributed by atoms with Crippen molar-refractivity contribution >= 4 is 23.0 Å². The van der Waals surface area contributed by atoms with Gasteiger partial charge in [0.15, 0.2) is 0 Å². The second-order valence-electron chi connectivity index (χ2n) is 2.15. The Hall–Kier alpha value is -0.440. The summed E-state index contributed by atoms with van der Waals surface area (Å²) in [5.74, 6) is 0.911. The van der Waals surface area contributed by atoms with Crippen molar-refractivity contribution in [3.8, 4) is 0 Å². The molecule has 0 fully saturated rings. The minimum Gasteiger partial charge on any atom is -0.339 e. The van der Waals surface area contributed by atoms with Crippen molar-refractivity contribution in [3.63, 3.8) is 0 Å². The van der Waals surface area contributed by atoms with Crippen LogP contribution in [-0.4, -0.2) is 17.4 Å². The Kier molecular flexibility index (Phi) is 5.12. The summed E-state index contributed by atoms with van der Waals surface area (Å²) in [5.41, 5.74) is 0. The Morgan fingerprint density at radius 1 is 1.50 bits per heavy atom. The fraction of sp³-hybridized carbons (Fsp3) is 0.714. The van der Waals surface area contributed by atoms with Crippen molar-refractivity contribution in [1.29, 1.82) is 0 Å². The lowest BCUT2D eigenvalue weighted by Gasteiger charge is -2.00. The molecule has 0 unspecified atom stereocenters. The second-order valence-corrected chi connectivity index (χ2v) is 2.76. The van der Waals surface area contributed by atoms with Crippen LogP contribution < -0.4 is 5.32 Å². The fourth-order valence-corrected chi connectivity index (χ4v) is 0.721. The SMILES string of the molecule is CCCN=C(C)NC(C)=S. The van der Waals surface area contributed by atoms with Gasteiger partial charge in [0.2, 0.25) is 0 Å². The van der Waals surface area contributed by atoms with E-state index in [0.717, 1.165) is 23.8 Å². The predicted octanol–water partition coefficient (Wildman–Crippen LogP) is 1.75. The van der Waals surface area contributed by atoms with E-state index >= 15 is 0 Å². The molecule has 10 heavy (non-hydrogen) atoms. The van der Waals surface area contributed by atoms with E-state index in [2.05, 4.69) is 17.2 Å². The summed E-state index contributed by atoms with van der Waals surface area (Å²) in [6, 6.07) is 0. The van der Waals surface area contributed by atoms with Gasteiger partial charge in [-0.3, -0.25) is 4.99 Å². The summed E-state index contributed by atoms with van der Waals surface area (Å²) >= 11 is 4.83. The molecule has 0 aliphatic heterocycles. The van der Waals surface area contributed by atoms with E-state index in [1.165, 1.54) is 0 Å². The lowest BCUT2D eigenvalue weighted by atomic mass is 10.5. The Balaban J connectivity index is 3.59. The van der Waals surface area contributed by atoms with Crippen LogP contribution in [0.3, 0.4) is 0 Å². The summed E-state index contributed by atoms with van der Waals surface area (Å²) in [6.45, 7) is 6.74. The second kappa shape index (κ2) is 5.35. The van der Waals surface area contributed by atoms with Gasteiger partial charge in [-0.25, -0.2) is 0 Å². The summed E-state index contributed by atoms with van der Waals surface area (Å²) in [7, 11) is 0. The third-order valence-electron chi connectivity index (χ3n) is 0.930. The van der Waals surface area contributed by atoms with E-state index in [1.807, 2.05) is 13.8 Å². The number of rotatable bonds is 2. The van der Waals surface area contributed by atoms with Crippen LogP contribution in [0.5, 0.6) is 0 Å². The molecule has 0 rings (SSSR count). The summed E-state index contributed by atoms with van der Waals surface area (Å²) in [5, 5.41) is 2.96. The molecular formula is C7H14N2S. The molecule has 3 heteroatoms. The van der Waals surface area contributed by atoms with Gasteiger partial charge in [-0.15, -0.1) is 0 Å². The van der Waals surface area contributed by atoms with Gasteiger partial charge in [-0.05, 0) is 20.3 Å². The first kappa shape index (κ1) is 9.56. The lowest BCUT2D eigenvalue weighted by Crippen LogP contribution is -2.24. The van der Waals surface area contributed by atoms with Crippen molar-refractivity contribution < 1.29 is 0 Å². The normalized spacial score (nSPS) is 11.3. The molecule has 0 aromatic carbocycles. The summed E-state index contributed by atoms with van der Waals surface area (Å²) in [4.78, 5) is 4.98. The molecule has 0 aromatic rings. The number of nitrogens with one attached hydrogen (secondary N) is 1. The van der Waals surface area contributed by atoms with Crippen LogP contribution in [0.15, 0.2) is 4.99 Å². The number of nitrogens with zero attached hydrogens (tertiary/aromatic N) is 1. The van der Waals surface area contributed by atoms with E-state index < -0.39 is 0 Å². The highest BCUT2D eigenvalue weighted by molar-refractivity contribution is 7.80. The molecule has 1 N–H and O–H groups in total. The first-order valence-electron chi connectivity index (χ1n) is 3.45. The third kappa shape index (κ3) is 5.69. The van der Waals surface area contributed by atoms with Crippen molar-refractivity contribution in [2.24, 2.45) is 4.99 Å². The highest BCUT2D eigenvalue weighted by Gasteiger charge is 1.87. The van der Waals surface area contributed by atoms with Gasteiger partial charge in [0.25, 0.3) is 0 Å². The number of hydrogen-bond acceptors (Lipinski definition) is 2. The maximum atomic E-state index is 4.83. The molecule has 0 heterocycles. The Morgan fingerprint density at radius 2 is 2.10 bits per heavy atom. The minimum atomic E-state index is 0.775. The molecule has 2 nitrogen and oxygen atoms in total. The quantitative estimate of drug-likeness (QED) is 0.376. The number of amidine groups is 1. The first-order chi connectivity index (χ1) is 4.66. The maximum absolute atomic E-state index is 4.83. The maximum Gasteiger partial charge on any atom is 0.0979 e. The van der Waals surface area contributed by atoms with Gasteiger partial charge < -0.3 is 5.32 Å². The smallest absolute Gasteiger partial charge is 0.0979 e. The van der Waals surface area contributed by atoms with Crippen molar-refractivity contribution in [2.45, 2.75) is 27.2 Å². The van der Waals surface area contributed by atoms with Crippen molar-refractivity contribution in [1.82, 2.24) is 5.32 Å². The molecule has 0 aliphatic carbocycles. The summed E-state index contributed by atoms with van der Waals surface area (Å²) in [6.07, 6.45) is 1.08. The monoisotopic (exact) mass is 158 g/mol. The topological polar surface area (TPSA) is 24.4 Å². The minimum absolute atomic E-state index is 0.775. The van der Waals surface area contributed by atoms with Crippen LogP contribution in [0.1, 0.15) is 27.2 Å². The van der Waals surface area contributed by atoms with E-state index in [4.69, 9.17) is 12.2 Å². The van der Waals surface area contributed by atoms with Gasteiger partial charge in [-0.1, -0.05) is 19.1 Å². The average molecular weight is 158 g/mol. The van der Waals surface area contributed by atoms with E-state index in [1.54, 1.807) is 0 Å². The average Bonchev–Trinajstić information content (AvgIpc) is 1.82. The number of thiocarbonyl (C=S) groups is 1. The van der Waals surface area contributed by atoms with Crippen molar-refractivity contribution in [2.75, 3.05) is 6.54 Å². The molecule has 0 spiro atoms. The van der Waals surface area contributed by atoms with E-state index in [9.17, 15) is 0 Å². The number of aliphatic imine (C=N–C) groups is 1. The van der Waals surface area contributed by atoms with Crippen LogP contribution in [0.2, 0.25) is 0 Å². The molecular weight excluding hydrogens is 144 g/mol.